The summed E-state index contributed by atoms with van der Waals surface area (Å²) in [5, 5.41) is 7.85. The van der Waals surface area contributed by atoms with Crippen LogP contribution in [-0.4, -0.2) is 70.9 Å². The van der Waals surface area contributed by atoms with Gasteiger partial charge in [0.2, 0.25) is 11.8 Å². The number of hydrogen-bond donors (Lipinski definition) is 3. The van der Waals surface area contributed by atoms with Crippen molar-refractivity contribution in [1.82, 2.24) is 26.1 Å². The second kappa shape index (κ2) is 14.8. The lowest BCUT2D eigenvalue weighted by molar-refractivity contribution is -0.157. The minimum Gasteiger partial charge on any atom is -0.468 e. The van der Waals surface area contributed by atoms with Gasteiger partial charge < -0.3 is 20.1 Å². The van der Waals surface area contributed by atoms with Crippen LogP contribution in [0.5, 0.6) is 0 Å². The van der Waals surface area contributed by atoms with Gasteiger partial charge in [0.25, 0.3) is 5.91 Å². The van der Waals surface area contributed by atoms with E-state index in [0.717, 1.165) is 16.5 Å². The van der Waals surface area contributed by atoms with Crippen LogP contribution in [0, 0.1) is 11.3 Å². The van der Waals surface area contributed by atoms with Gasteiger partial charge in [-0.25, -0.2) is 10.4 Å². The van der Waals surface area contributed by atoms with E-state index in [1.165, 1.54) is 19.0 Å². The van der Waals surface area contributed by atoms with Crippen molar-refractivity contribution in [1.29, 1.82) is 0 Å². The lowest BCUT2D eigenvalue weighted by Gasteiger charge is -2.40. The highest BCUT2D eigenvalue weighted by molar-refractivity contribution is 5.94. The van der Waals surface area contributed by atoms with E-state index in [-0.39, 0.29) is 17.8 Å². The molecule has 1 fully saturated rings. The average Bonchev–Trinajstić information content (AvgIpc) is 3.00. The Morgan fingerprint density at radius 3 is 2.37 bits per heavy atom. The summed E-state index contributed by atoms with van der Waals surface area (Å²) < 4.78 is 10.1. The number of nitrogens with one attached hydrogen (secondary N) is 3. The number of aromatic nitrogens is 1. The van der Waals surface area contributed by atoms with Crippen molar-refractivity contribution < 1.29 is 33.4 Å². The first-order valence-electron chi connectivity index (χ1n) is 15.5. The predicted octanol–water partition coefficient (Wildman–Crippen LogP) is 3.60. The number of esters is 2. The van der Waals surface area contributed by atoms with Gasteiger partial charge in [0, 0.05) is 18.9 Å². The zero-order valence-electron chi connectivity index (χ0n) is 28.2. The van der Waals surface area contributed by atoms with E-state index >= 15 is 0 Å². The normalized spacial score (nSPS) is 19.0. The number of amides is 3. The number of benzene rings is 1. The number of hydrazine groups is 1. The molecule has 3 N–H and O–H groups in total. The van der Waals surface area contributed by atoms with Gasteiger partial charge in [0.15, 0.2) is 0 Å². The van der Waals surface area contributed by atoms with Crippen LogP contribution in [0.15, 0.2) is 36.4 Å². The Labute approximate surface area is 270 Å². The molecule has 12 nitrogen and oxygen atoms in total. The van der Waals surface area contributed by atoms with Gasteiger partial charge in [0.1, 0.15) is 23.7 Å². The lowest BCUT2D eigenvalue weighted by Crippen LogP contribution is -2.65. The summed E-state index contributed by atoms with van der Waals surface area (Å²) in [6, 6.07) is 7.65. The Hall–Kier alpha value is -4.32. The molecule has 4 atom stereocenters. The van der Waals surface area contributed by atoms with Gasteiger partial charge in [-0.05, 0) is 71.1 Å². The van der Waals surface area contributed by atoms with Crippen LogP contribution in [0.3, 0.4) is 0 Å². The molecule has 3 rings (SSSR count). The maximum atomic E-state index is 13.4. The molecule has 250 valence electrons. The third-order valence-corrected chi connectivity index (χ3v) is 8.08. The van der Waals surface area contributed by atoms with Crippen LogP contribution in [0.1, 0.15) is 85.6 Å². The highest BCUT2D eigenvalue weighted by Gasteiger charge is 2.41. The van der Waals surface area contributed by atoms with Gasteiger partial charge in [-0.1, -0.05) is 44.2 Å². The predicted molar refractivity (Wildman–Crippen MR) is 174 cm³/mol. The Morgan fingerprint density at radius 1 is 1.07 bits per heavy atom. The van der Waals surface area contributed by atoms with Crippen LogP contribution in [0.2, 0.25) is 0 Å². The summed E-state index contributed by atoms with van der Waals surface area (Å²) in [4.78, 5) is 68.2. The number of methoxy groups -OCH3 is 1. The van der Waals surface area contributed by atoms with Crippen molar-refractivity contribution in [2.24, 2.45) is 11.3 Å². The van der Waals surface area contributed by atoms with E-state index in [1.807, 2.05) is 50.3 Å². The van der Waals surface area contributed by atoms with E-state index in [4.69, 9.17) is 9.47 Å². The van der Waals surface area contributed by atoms with Crippen molar-refractivity contribution >= 4 is 46.6 Å². The Bertz CT molecular complexity index is 1500. The fourth-order valence-electron chi connectivity index (χ4n) is 5.17. The smallest absolute Gasteiger partial charge is 0.327 e. The minimum absolute atomic E-state index is 0.267. The molecule has 12 heteroatoms. The average molecular weight is 638 g/mol. The molecule has 2 aromatic rings. The summed E-state index contributed by atoms with van der Waals surface area (Å²) in [6.07, 6.45) is 4.19. The summed E-state index contributed by atoms with van der Waals surface area (Å²) in [5.74, 6) is -2.38. The number of carbonyl (C=O) groups is 5. The number of fused-ring (bicyclic) bond motifs is 1. The van der Waals surface area contributed by atoms with Crippen LogP contribution >= 0.6 is 0 Å². The fraction of sp³-hybridized carbons (Fsp3) is 0.529. The first kappa shape index (κ1) is 36.2. The molecule has 1 aliphatic rings. The number of pyridine rings is 1. The Kier molecular flexibility index (Phi) is 11.7. The fourth-order valence-corrected chi connectivity index (χ4v) is 5.17. The Balaban J connectivity index is 1.67. The number of ether oxygens (including phenoxy) is 2. The number of carbonyl (C=O) groups excluding carboxylic acids is 5. The summed E-state index contributed by atoms with van der Waals surface area (Å²) in [7, 11) is 1.29. The first-order valence-corrected chi connectivity index (χ1v) is 15.5. The van der Waals surface area contributed by atoms with Gasteiger partial charge in [-0.3, -0.25) is 29.0 Å². The van der Waals surface area contributed by atoms with E-state index in [2.05, 4.69) is 21.0 Å². The molecule has 0 spiro atoms. The molecule has 1 aromatic heterocycles. The molecule has 0 saturated carbocycles. The SMILES string of the molecule is COC(=O)[C@]1(C)CCCN(C(=O)[C@H](C)NC(=O)[C@@H](NC(=O)C(C)(C)/C=C/c2ccc3ccc([C@@H](C)OC(C)=O)nc3c2)C(C)C)N1. The number of nitrogens with zero attached hydrogens (tertiary/aromatic N) is 2. The molecule has 3 amide bonds. The monoisotopic (exact) mass is 637 g/mol. The summed E-state index contributed by atoms with van der Waals surface area (Å²) in [6.45, 7) is 13.8. The minimum atomic E-state index is -1.05. The van der Waals surface area contributed by atoms with E-state index < -0.39 is 46.9 Å². The molecular formula is C34H47N5O7. The van der Waals surface area contributed by atoms with Crippen molar-refractivity contribution in [2.75, 3.05) is 13.7 Å². The first-order chi connectivity index (χ1) is 21.5. The lowest BCUT2D eigenvalue weighted by atomic mass is 9.89. The Morgan fingerprint density at radius 2 is 1.74 bits per heavy atom. The highest BCUT2D eigenvalue weighted by atomic mass is 16.5. The van der Waals surface area contributed by atoms with Crippen LogP contribution < -0.4 is 16.1 Å². The molecule has 2 heterocycles. The maximum absolute atomic E-state index is 13.4. The molecule has 0 bridgehead atoms. The van der Waals surface area contributed by atoms with Crippen LogP contribution in [0.4, 0.5) is 0 Å². The van der Waals surface area contributed by atoms with Gasteiger partial charge in [-0.15, -0.1) is 0 Å². The molecule has 0 aliphatic carbocycles. The van der Waals surface area contributed by atoms with Gasteiger partial charge in [-0.2, -0.15) is 0 Å². The van der Waals surface area contributed by atoms with Crippen molar-refractivity contribution in [3.63, 3.8) is 0 Å². The highest BCUT2D eigenvalue weighted by Crippen LogP contribution is 2.24. The standard InChI is InChI=1S/C34H47N5O7/c1-20(2)28(29(41)35-21(3)30(42)39-18-10-16-34(8,38-39)32(44)45-9)37-31(43)33(6,7)17-15-24-11-12-25-13-14-26(36-27(25)19-24)22(4)46-23(5)40/h11-15,17,19-22,28,38H,10,16,18H2,1-9H3,(H,35,41)(H,37,43)/b17-15+/t21-,22+,28-,34-/m0/s1. The third kappa shape index (κ3) is 8.90. The molecule has 46 heavy (non-hydrogen) atoms. The van der Waals surface area contributed by atoms with Crippen LogP contribution in [0.25, 0.3) is 17.0 Å². The van der Waals surface area contributed by atoms with E-state index in [9.17, 15) is 24.0 Å². The maximum Gasteiger partial charge on any atom is 0.327 e. The topological polar surface area (TPSA) is 156 Å². The van der Waals surface area contributed by atoms with Crippen molar-refractivity contribution in [2.45, 2.75) is 92.0 Å². The van der Waals surface area contributed by atoms with Crippen LogP contribution in [-0.2, 0) is 33.4 Å². The third-order valence-electron chi connectivity index (χ3n) is 8.08. The zero-order chi connectivity index (χ0) is 34.4. The van der Waals surface area contributed by atoms with E-state index in [0.29, 0.717) is 25.1 Å². The van der Waals surface area contributed by atoms with E-state index in [1.54, 1.807) is 40.7 Å². The second-order valence-electron chi connectivity index (χ2n) is 12.9. The van der Waals surface area contributed by atoms with Gasteiger partial charge >= 0.3 is 11.9 Å². The largest absolute Gasteiger partial charge is 0.468 e. The molecule has 1 aromatic carbocycles. The second-order valence-corrected chi connectivity index (χ2v) is 12.9. The molecule has 0 unspecified atom stereocenters. The molecule has 0 radical (unpaired) electrons. The quantitative estimate of drug-likeness (QED) is 0.313. The molecular weight excluding hydrogens is 590 g/mol. The summed E-state index contributed by atoms with van der Waals surface area (Å²) in [5.41, 5.74) is 3.08. The van der Waals surface area contributed by atoms with Gasteiger partial charge in [0.05, 0.1) is 23.7 Å². The zero-order valence-corrected chi connectivity index (χ0v) is 28.2. The number of hydrogen-bond acceptors (Lipinski definition) is 9. The summed E-state index contributed by atoms with van der Waals surface area (Å²) >= 11 is 0. The van der Waals surface area contributed by atoms with Crippen molar-refractivity contribution in [3.8, 4) is 0 Å². The molecule has 1 saturated heterocycles. The molecule has 1 aliphatic heterocycles. The van der Waals surface area contributed by atoms with Crippen molar-refractivity contribution in [3.05, 3.63) is 47.7 Å². The number of rotatable bonds is 11.